The summed E-state index contributed by atoms with van der Waals surface area (Å²) in [6, 6.07) is 0. The number of rotatable bonds is 5. The van der Waals surface area contributed by atoms with E-state index in [1.54, 1.807) is 0 Å². The van der Waals surface area contributed by atoms with Crippen LogP contribution >= 0.6 is 0 Å². The maximum atomic E-state index is 11.2. The van der Waals surface area contributed by atoms with Gasteiger partial charge in [-0.15, -0.1) is 0 Å². The van der Waals surface area contributed by atoms with E-state index in [1.165, 1.54) is 13.8 Å². The molecule has 6 nitrogen and oxygen atoms in total. The van der Waals surface area contributed by atoms with Gasteiger partial charge in [0.25, 0.3) is 0 Å². The van der Waals surface area contributed by atoms with Crippen molar-refractivity contribution in [2.24, 2.45) is 0 Å². The molecule has 1 amide bonds. The summed E-state index contributed by atoms with van der Waals surface area (Å²) >= 11 is 0. The molecule has 16 heavy (non-hydrogen) atoms. The number of aliphatic hydroxyl groups excluding tert-OH is 1. The predicted octanol–water partition coefficient (Wildman–Crippen LogP) is -3.72. The molecule has 0 rings (SSSR count). The molecule has 0 unspecified atom stereocenters. The van der Waals surface area contributed by atoms with E-state index in [2.05, 4.69) is 6.58 Å². The van der Waals surface area contributed by atoms with Crippen LogP contribution in [0.1, 0.15) is 13.8 Å². The molecule has 0 saturated heterocycles. The second-order valence-corrected chi connectivity index (χ2v) is 5.03. The maximum absolute atomic E-state index is 11.2. The van der Waals surface area contributed by atoms with Crippen LogP contribution in [0.15, 0.2) is 12.7 Å². The number of nitrogens with zero attached hydrogens (tertiary/aromatic N) is 1. The van der Waals surface area contributed by atoms with E-state index in [0.717, 1.165) is 11.0 Å². The zero-order valence-electron chi connectivity index (χ0n) is 9.63. The van der Waals surface area contributed by atoms with Crippen molar-refractivity contribution < 1.29 is 52.4 Å². The van der Waals surface area contributed by atoms with Gasteiger partial charge in [-0.25, -0.2) is 8.42 Å². The summed E-state index contributed by atoms with van der Waals surface area (Å²) in [7, 11) is -4.47. The Morgan fingerprint density at radius 2 is 2.00 bits per heavy atom. The topological polar surface area (TPSA) is 97.7 Å². The summed E-state index contributed by atoms with van der Waals surface area (Å²) in [5, 5.41) is 8.92. The quantitative estimate of drug-likeness (QED) is 0.237. The standard InChI is InChI=1S/C8H15NO5S.Na/c1-4-7(11)9(6-10)8(2,3)5-15(12,13)14;/h4,10H,1,5-6H2,2-3H3,(H,12,13,14);/q;+1/p-1. The Labute approximate surface area is 117 Å². The van der Waals surface area contributed by atoms with Crippen molar-refractivity contribution in [3.8, 4) is 0 Å². The number of aliphatic hydroxyl groups is 1. The number of hydrogen-bond acceptors (Lipinski definition) is 5. The Bertz CT molecular complexity index is 351. The van der Waals surface area contributed by atoms with Crippen LogP contribution in [0.5, 0.6) is 0 Å². The first-order chi connectivity index (χ1) is 6.64. The van der Waals surface area contributed by atoms with Gasteiger partial charge in [0, 0.05) is 0 Å². The van der Waals surface area contributed by atoms with Gasteiger partial charge in [-0.05, 0) is 19.9 Å². The summed E-state index contributed by atoms with van der Waals surface area (Å²) in [6.07, 6.45) is 0.940. The summed E-state index contributed by atoms with van der Waals surface area (Å²) in [4.78, 5) is 12.1. The Balaban J connectivity index is 0. The molecule has 0 aromatic carbocycles. The smallest absolute Gasteiger partial charge is 0.748 e. The minimum atomic E-state index is -4.47. The van der Waals surface area contributed by atoms with Gasteiger partial charge >= 0.3 is 29.6 Å². The zero-order valence-corrected chi connectivity index (χ0v) is 12.5. The third kappa shape index (κ3) is 5.97. The number of hydrogen-bond donors (Lipinski definition) is 1. The molecule has 0 heterocycles. The number of carbonyl (C=O) groups is 1. The van der Waals surface area contributed by atoms with Gasteiger partial charge in [0.15, 0.2) is 0 Å². The second-order valence-electron chi connectivity index (χ2n) is 3.63. The van der Waals surface area contributed by atoms with E-state index in [0.29, 0.717) is 0 Å². The molecule has 0 aromatic heterocycles. The van der Waals surface area contributed by atoms with E-state index in [-0.39, 0.29) is 29.6 Å². The van der Waals surface area contributed by atoms with Gasteiger partial charge in [-0.2, -0.15) is 0 Å². The van der Waals surface area contributed by atoms with Crippen molar-refractivity contribution in [2.75, 3.05) is 12.5 Å². The molecule has 0 aromatic rings. The number of carbonyl (C=O) groups excluding carboxylic acids is 1. The SMILES string of the molecule is C=CC(=O)N(CO)C(C)(C)CS(=O)(=O)[O-].[Na+]. The molecule has 0 fully saturated rings. The van der Waals surface area contributed by atoms with Gasteiger partial charge in [0.05, 0.1) is 21.4 Å². The fourth-order valence-electron chi connectivity index (χ4n) is 1.18. The van der Waals surface area contributed by atoms with Crippen LogP contribution < -0.4 is 29.6 Å². The molecule has 0 bridgehead atoms. The first kappa shape index (κ1) is 18.4. The molecule has 0 radical (unpaired) electrons. The van der Waals surface area contributed by atoms with Crippen molar-refractivity contribution >= 4 is 16.0 Å². The van der Waals surface area contributed by atoms with Crippen LogP contribution in [0.25, 0.3) is 0 Å². The van der Waals surface area contributed by atoms with Gasteiger partial charge < -0.3 is 14.6 Å². The fourth-order valence-corrected chi connectivity index (χ4v) is 2.20. The molecule has 8 heteroatoms. The molecule has 0 aliphatic carbocycles. The molecular weight excluding hydrogens is 245 g/mol. The Morgan fingerprint density at radius 3 is 2.25 bits per heavy atom. The average Bonchev–Trinajstić information content (AvgIpc) is 1.99. The monoisotopic (exact) mass is 259 g/mol. The van der Waals surface area contributed by atoms with Crippen molar-refractivity contribution in [1.82, 2.24) is 4.90 Å². The third-order valence-electron chi connectivity index (χ3n) is 1.84. The Hall–Kier alpha value is 0.0800. The van der Waals surface area contributed by atoms with Crippen LogP contribution in [0.4, 0.5) is 0 Å². The largest absolute Gasteiger partial charge is 1.00 e. The molecule has 0 spiro atoms. The van der Waals surface area contributed by atoms with Crippen LogP contribution in [0.2, 0.25) is 0 Å². The van der Waals surface area contributed by atoms with E-state index in [4.69, 9.17) is 5.11 Å². The van der Waals surface area contributed by atoms with Gasteiger partial charge in [0.1, 0.15) is 6.73 Å². The van der Waals surface area contributed by atoms with Crippen LogP contribution in [-0.4, -0.2) is 46.9 Å². The normalized spacial score (nSPS) is 11.5. The first-order valence-electron chi connectivity index (χ1n) is 4.12. The van der Waals surface area contributed by atoms with Gasteiger partial charge in [-0.3, -0.25) is 4.79 Å². The zero-order chi connectivity index (χ0) is 12.3. The van der Waals surface area contributed by atoms with Crippen LogP contribution in [-0.2, 0) is 14.9 Å². The van der Waals surface area contributed by atoms with E-state index < -0.39 is 34.0 Å². The Kier molecular flexibility index (Phi) is 7.76. The number of amides is 1. The third-order valence-corrected chi connectivity index (χ3v) is 2.90. The molecule has 0 aliphatic rings. The average molecular weight is 259 g/mol. The summed E-state index contributed by atoms with van der Waals surface area (Å²) in [5.74, 6) is -1.40. The Morgan fingerprint density at radius 1 is 1.56 bits per heavy atom. The maximum Gasteiger partial charge on any atom is 1.00 e. The van der Waals surface area contributed by atoms with Crippen LogP contribution in [0, 0.1) is 0 Å². The van der Waals surface area contributed by atoms with E-state index in [1.807, 2.05) is 0 Å². The van der Waals surface area contributed by atoms with Crippen molar-refractivity contribution in [2.45, 2.75) is 19.4 Å². The predicted molar refractivity (Wildman–Crippen MR) is 52.8 cm³/mol. The minimum absolute atomic E-state index is 0. The van der Waals surface area contributed by atoms with Gasteiger partial charge in [-0.1, -0.05) is 6.58 Å². The van der Waals surface area contributed by atoms with E-state index in [9.17, 15) is 17.8 Å². The first-order valence-corrected chi connectivity index (χ1v) is 5.70. The fraction of sp³-hybridized carbons (Fsp3) is 0.625. The van der Waals surface area contributed by atoms with Crippen molar-refractivity contribution in [3.63, 3.8) is 0 Å². The van der Waals surface area contributed by atoms with Gasteiger partial charge in [0.2, 0.25) is 5.91 Å². The molecule has 0 atom stereocenters. The summed E-state index contributed by atoms with van der Waals surface area (Å²) in [5.41, 5.74) is -1.26. The molecule has 88 valence electrons. The minimum Gasteiger partial charge on any atom is -0.748 e. The molecular formula is C8H14NNaO5S. The molecule has 0 saturated carbocycles. The summed E-state index contributed by atoms with van der Waals surface area (Å²) in [6.45, 7) is 5.29. The second kappa shape index (κ2) is 6.73. The van der Waals surface area contributed by atoms with E-state index >= 15 is 0 Å². The summed E-state index contributed by atoms with van der Waals surface area (Å²) < 4.78 is 31.7. The van der Waals surface area contributed by atoms with Crippen LogP contribution in [0.3, 0.4) is 0 Å². The van der Waals surface area contributed by atoms with Crippen molar-refractivity contribution in [1.29, 1.82) is 0 Å². The van der Waals surface area contributed by atoms with Crippen molar-refractivity contribution in [3.05, 3.63) is 12.7 Å². The molecule has 0 aliphatic heterocycles. The molecule has 1 N–H and O–H groups in total.